The third-order valence-electron chi connectivity index (χ3n) is 4.30. The standard InChI is InChI=1S/C22H22N2O5/c1-27-17-8-9-19(20(12-17)28-2)22(26)23-13-15-5-3-6-16(11-15)21(25)24-14-18-7-4-10-29-18/h3-12H,13-14H2,1-2H3,(H,23,26)(H,24,25). The van der Waals surface area contributed by atoms with E-state index in [2.05, 4.69) is 10.6 Å². The lowest BCUT2D eigenvalue weighted by atomic mass is 10.1. The largest absolute Gasteiger partial charge is 0.497 e. The number of ether oxygens (including phenoxy) is 2. The highest BCUT2D eigenvalue weighted by Crippen LogP contribution is 2.24. The van der Waals surface area contributed by atoms with Gasteiger partial charge in [-0.25, -0.2) is 0 Å². The Morgan fingerprint density at radius 2 is 1.72 bits per heavy atom. The minimum absolute atomic E-state index is 0.216. The van der Waals surface area contributed by atoms with Gasteiger partial charge < -0.3 is 24.5 Å². The first-order chi connectivity index (χ1) is 14.1. The molecule has 0 radical (unpaired) electrons. The lowest BCUT2D eigenvalue weighted by Gasteiger charge is -2.11. The number of carbonyl (C=O) groups is 2. The minimum atomic E-state index is -0.280. The van der Waals surface area contributed by atoms with Gasteiger partial charge in [0.05, 0.1) is 32.6 Å². The summed E-state index contributed by atoms with van der Waals surface area (Å²) in [6.07, 6.45) is 1.56. The Bertz CT molecular complexity index is 983. The van der Waals surface area contributed by atoms with E-state index in [0.717, 1.165) is 5.56 Å². The fraction of sp³-hybridized carbons (Fsp3) is 0.182. The summed E-state index contributed by atoms with van der Waals surface area (Å²) in [4.78, 5) is 24.9. The maximum atomic E-state index is 12.5. The lowest BCUT2D eigenvalue weighted by molar-refractivity contribution is 0.0942. The van der Waals surface area contributed by atoms with Crippen molar-refractivity contribution in [2.75, 3.05) is 14.2 Å². The lowest BCUT2D eigenvalue weighted by Crippen LogP contribution is -2.24. The number of hydrogen-bond acceptors (Lipinski definition) is 5. The van der Waals surface area contributed by atoms with Gasteiger partial charge in [0.1, 0.15) is 17.3 Å². The summed E-state index contributed by atoms with van der Waals surface area (Å²) >= 11 is 0. The number of hydrogen-bond donors (Lipinski definition) is 2. The van der Waals surface area contributed by atoms with Crippen LogP contribution in [0.4, 0.5) is 0 Å². The molecule has 29 heavy (non-hydrogen) atoms. The van der Waals surface area contributed by atoms with E-state index in [0.29, 0.717) is 34.9 Å². The van der Waals surface area contributed by atoms with Crippen molar-refractivity contribution >= 4 is 11.8 Å². The average Bonchev–Trinajstić information content (AvgIpc) is 3.29. The first-order valence-corrected chi connectivity index (χ1v) is 9.00. The maximum absolute atomic E-state index is 12.5. The smallest absolute Gasteiger partial charge is 0.255 e. The van der Waals surface area contributed by atoms with Crippen molar-refractivity contribution in [3.63, 3.8) is 0 Å². The summed E-state index contributed by atoms with van der Waals surface area (Å²) < 4.78 is 15.6. The van der Waals surface area contributed by atoms with E-state index < -0.39 is 0 Å². The number of amides is 2. The van der Waals surface area contributed by atoms with Gasteiger partial charge in [0.15, 0.2) is 0 Å². The Morgan fingerprint density at radius 3 is 2.45 bits per heavy atom. The van der Waals surface area contributed by atoms with Crippen molar-refractivity contribution in [2.24, 2.45) is 0 Å². The van der Waals surface area contributed by atoms with Crippen LogP contribution in [0, 0.1) is 0 Å². The first kappa shape index (κ1) is 20.0. The fourth-order valence-corrected chi connectivity index (χ4v) is 2.77. The molecule has 3 aromatic rings. The summed E-state index contributed by atoms with van der Waals surface area (Å²) in [6, 6.07) is 15.6. The Labute approximate surface area is 168 Å². The third-order valence-corrected chi connectivity index (χ3v) is 4.30. The van der Waals surface area contributed by atoms with E-state index >= 15 is 0 Å². The molecule has 0 bridgehead atoms. The van der Waals surface area contributed by atoms with Crippen LogP contribution in [0.1, 0.15) is 32.0 Å². The second-order valence-electron chi connectivity index (χ2n) is 6.21. The maximum Gasteiger partial charge on any atom is 0.255 e. The highest BCUT2D eigenvalue weighted by Gasteiger charge is 2.13. The van der Waals surface area contributed by atoms with Crippen LogP contribution >= 0.6 is 0 Å². The molecule has 0 aliphatic rings. The molecule has 0 saturated carbocycles. The zero-order valence-electron chi connectivity index (χ0n) is 16.2. The quantitative estimate of drug-likeness (QED) is 0.613. The van der Waals surface area contributed by atoms with Gasteiger partial charge in [0.2, 0.25) is 0 Å². The predicted molar refractivity (Wildman–Crippen MR) is 107 cm³/mol. The highest BCUT2D eigenvalue weighted by atomic mass is 16.5. The molecule has 7 heteroatoms. The molecular weight excluding hydrogens is 372 g/mol. The monoisotopic (exact) mass is 394 g/mol. The van der Waals surface area contributed by atoms with Crippen molar-refractivity contribution < 1.29 is 23.5 Å². The second kappa shape index (κ2) is 9.45. The molecule has 0 aliphatic carbocycles. The number of carbonyl (C=O) groups excluding carboxylic acids is 2. The molecule has 1 aromatic heterocycles. The predicted octanol–water partition coefficient (Wildman–Crippen LogP) is 3.16. The molecule has 3 rings (SSSR count). The van der Waals surface area contributed by atoms with Crippen LogP contribution < -0.4 is 20.1 Å². The van der Waals surface area contributed by atoms with Crippen molar-refractivity contribution in [1.29, 1.82) is 0 Å². The fourth-order valence-electron chi connectivity index (χ4n) is 2.77. The van der Waals surface area contributed by atoms with Crippen LogP contribution in [0.15, 0.2) is 65.3 Å². The topological polar surface area (TPSA) is 89.8 Å². The van der Waals surface area contributed by atoms with E-state index in [4.69, 9.17) is 13.9 Å². The number of nitrogens with one attached hydrogen (secondary N) is 2. The third kappa shape index (κ3) is 5.16. The highest BCUT2D eigenvalue weighted by molar-refractivity contribution is 5.97. The first-order valence-electron chi connectivity index (χ1n) is 9.00. The molecule has 0 atom stereocenters. The number of rotatable bonds is 8. The molecule has 2 N–H and O–H groups in total. The van der Waals surface area contributed by atoms with Gasteiger partial charge in [-0.05, 0) is 42.0 Å². The molecule has 150 valence electrons. The van der Waals surface area contributed by atoms with E-state index in [9.17, 15) is 9.59 Å². The van der Waals surface area contributed by atoms with Crippen LogP contribution in [-0.4, -0.2) is 26.0 Å². The molecule has 2 amide bonds. The van der Waals surface area contributed by atoms with E-state index in [1.54, 1.807) is 61.9 Å². The van der Waals surface area contributed by atoms with E-state index in [1.165, 1.54) is 7.11 Å². The van der Waals surface area contributed by atoms with Crippen LogP contribution in [0.5, 0.6) is 11.5 Å². The van der Waals surface area contributed by atoms with Crippen LogP contribution in [-0.2, 0) is 13.1 Å². The van der Waals surface area contributed by atoms with Crippen LogP contribution in [0.2, 0.25) is 0 Å². The van der Waals surface area contributed by atoms with Crippen LogP contribution in [0.25, 0.3) is 0 Å². The summed E-state index contributed by atoms with van der Waals surface area (Å²) in [5, 5.41) is 5.64. The Hall–Kier alpha value is -3.74. The minimum Gasteiger partial charge on any atom is -0.497 e. The molecule has 0 fully saturated rings. The average molecular weight is 394 g/mol. The molecule has 0 spiro atoms. The molecular formula is C22H22N2O5. The number of methoxy groups -OCH3 is 2. The summed E-state index contributed by atoms with van der Waals surface area (Å²) in [5.74, 6) is 1.21. The Morgan fingerprint density at radius 1 is 0.897 bits per heavy atom. The SMILES string of the molecule is COc1ccc(C(=O)NCc2cccc(C(=O)NCc3ccco3)c2)c(OC)c1. The summed E-state index contributed by atoms with van der Waals surface area (Å²) in [5.41, 5.74) is 1.71. The molecule has 0 aliphatic heterocycles. The molecule has 7 nitrogen and oxygen atoms in total. The van der Waals surface area contributed by atoms with Crippen molar-refractivity contribution in [1.82, 2.24) is 10.6 Å². The van der Waals surface area contributed by atoms with Gasteiger partial charge in [0, 0.05) is 18.2 Å². The molecule has 0 saturated heterocycles. The molecule has 0 unspecified atom stereocenters. The van der Waals surface area contributed by atoms with Crippen molar-refractivity contribution in [2.45, 2.75) is 13.1 Å². The molecule has 2 aromatic carbocycles. The van der Waals surface area contributed by atoms with Gasteiger partial charge in [-0.3, -0.25) is 9.59 Å². The Kier molecular flexibility index (Phi) is 6.52. The van der Waals surface area contributed by atoms with Gasteiger partial charge in [0.25, 0.3) is 11.8 Å². The Balaban J connectivity index is 1.61. The van der Waals surface area contributed by atoms with Gasteiger partial charge >= 0.3 is 0 Å². The number of furan rings is 1. The molecule has 1 heterocycles. The zero-order chi connectivity index (χ0) is 20.6. The van der Waals surface area contributed by atoms with E-state index in [-0.39, 0.29) is 18.4 Å². The number of benzene rings is 2. The van der Waals surface area contributed by atoms with Crippen molar-refractivity contribution in [3.05, 3.63) is 83.3 Å². The van der Waals surface area contributed by atoms with Gasteiger partial charge in [-0.2, -0.15) is 0 Å². The normalized spacial score (nSPS) is 10.3. The van der Waals surface area contributed by atoms with Gasteiger partial charge in [-0.1, -0.05) is 12.1 Å². The second-order valence-corrected chi connectivity index (χ2v) is 6.21. The summed E-state index contributed by atoms with van der Waals surface area (Å²) in [6.45, 7) is 0.581. The van der Waals surface area contributed by atoms with E-state index in [1.807, 2.05) is 6.07 Å². The van der Waals surface area contributed by atoms with Crippen molar-refractivity contribution in [3.8, 4) is 11.5 Å². The summed E-state index contributed by atoms with van der Waals surface area (Å²) in [7, 11) is 3.04. The van der Waals surface area contributed by atoms with Crippen LogP contribution in [0.3, 0.4) is 0 Å². The zero-order valence-corrected chi connectivity index (χ0v) is 16.2. The van der Waals surface area contributed by atoms with Gasteiger partial charge in [-0.15, -0.1) is 0 Å².